The minimum absolute atomic E-state index is 0.217. The Morgan fingerprint density at radius 2 is 1.97 bits per heavy atom. The molecule has 1 fully saturated rings. The van der Waals surface area contributed by atoms with Crippen molar-refractivity contribution in [2.75, 3.05) is 25.1 Å². The Bertz CT molecular complexity index is 1150. The van der Waals surface area contributed by atoms with E-state index in [0.29, 0.717) is 23.7 Å². The number of imidazole rings is 1. The van der Waals surface area contributed by atoms with E-state index in [2.05, 4.69) is 22.1 Å². The summed E-state index contributed by atoms with van der Waals surface area (Å²) in [5.41, 5.74) is 2.61. The zero-order valence-electron chi connectivity index (χ0n) is 18.1. The fraction of sp³-hybridized carbons (Fsp3) is 0.320. The van der Waals surface area contributed by atoms with Gasteiger partial charge >= 0.3 is 0 Å². The van der Waals surface area contributed by atoms with E-state index in [1.54, 1.807) is 30.0 Å². The maximum Gasteiger partial charge on any atom is 0.146 e. The van der Waals surface area contributed by atoms with Gasteiger partial charge < -0.3 is 29.9 Å². The molecule has 4 N–H and O–H groups in total. The zero-order chi connectivity index (χ0) is 23.4. The van der Waals surface area contributed by atoms with Gasteiger partial charge in [-0.1, -0.05) is 30.0 Å². The van der Waals surface area contributed by atoms with E-state index in [9.17, 15) is 19.7 Å². The van der Waals surface area contributed by atoms with Gasteiger partial charge in [0, 0.05) is 18.0 Å². The number of hydrogen-bond acceptors (Lipinski definition) is 6. The van der Waals surface area contributed by atoms with E-state index in [4.69, 9.17) is 4.74 Å². The number of halogens is 1. The van der Waals surface area contributed by atoms with Gasteiger partial charge in [-0.3, -0.25) is 0 Å². The molecule has 2 heterocycles. The summed E-state index contributed by atoms with van der Waals surface area (Å²) in [6.45, 7) is 1.97. The molecule has 1 aromatic heterocycles. The molecule has 33 heavy (non-hydrogen) atoms. The third kappa shape index (κ3) is 5.24. The molecule has 4 rings (SSSR count). The van der Waals surface area contributed by atoms with Gasteiger partial charge in [0.25, 0.3) is 0 Å². The number of aliphatic hydroxyl groups excluding tert-OH is 3. The van der Waals surface area contributed by atoms with Gasteiger partial charge in [0.2, 0.25) is 0 Å². The Morgan fingerprint density at radius 3 is 2.61 bits per heavy atom. The molecular weight excluding hydrogens is 425 g/mol. The fourth-order valence-corrected chi connectivity index (χ4v) is 3.72. The summed E-state index contributed by atoms with van der Waals surface area (Å²) in [4.78, 5) is 4.11. The summed E-state index contributed by atoms with van der Waals surface area (Å²) in [6.07, 6.45) is 1.81. The molecule has 3 aromatic rings. The second-order valence-corrected chi connectivity index (χ2v) is 7.96. The predicted molar refractivity (Wildman–Crippen MR) is 122 cm³/mol. The van der Waals surface area contributed by atoms with Crippen LogP contribution in [0.2, 0.25) is 0 Å². The number of aromatic nitrogens is 2. The maximum atomic E-state index is 14.6. The van der Waals surface area contributed by atoms with Crippen molar-refractivity contribution < 1.29 is 24.4 Å². The van der Waals surface area contributed by atoms with Gasteiger partial charge in [-0.25, -0.2) is 9.37 Å². The van der Waals surface area contributed by atoms with Crippen molar-refractivity contribution in [3.05, 3.63) is 72.1 Å². The summed E-state index contributed by atoms with van der Waals surface area (Å²) in [5, 5.41) is 32.4. The van der Waals surface area contributed by atoms with Crippen molar-refractivity contribution in [1.29, 1.82) is 0 Å². The third-order valence-corrected chi connectivity index (χ3v) is 5.54. The van der Waals surface area contributed by atoms with Gasteiger partial charge in [-0.05, 0) is 42.3 Å². The summed E-state index contributed by atoms with van der Waals surface area (Å²) in [7, 11) is 0. The molecule has 0 radical (unpaired) electrons. The van der Waals surface area contributed by atoms with E-state index in [-0.39, 0.29) is 19.3 Å². The quantitative estimate of drug-likeness (QED) is 0.430. The van der Waals surface area contributed by atoms with Gasteiger partial charge in [-0.2, -0.15) is 0 Å². The summed E-state index contributed by atoms with van der Waals surface area (Å²) < 4.78 is 21.5. The Kier molecular flexibility index (Phi) is 7.06. The van der Waals surface area contributed by atoms with Gasteiger partial charge in [0.05, 0.1) is 37.7 Å². The van der Waals surface area contributed by atoms with E-state index < -0.39 is 24.1 Å². The Hall–Kier alpha value is -3.22. The lowest BCUT2D eigenvalue weighted by Gasteiger charge is -2.17. The van der Waals surface area contributed by atoms with Crippen LogP contribution in [0.1, 0.15) is 30.5 Å². The average molecular weight is 451 g/mol. The first-order valence-corrected chi connectivity index (χ1v) is 10.7. The second kappa shape index (κ2) is 10.1. The summed E-state index contributed by atoms with van der Waals surface area (Å²) in [6, 6.07) is 11.4. The Balaban J connectivity index is 1.47. The number of benzene rings is 2. The van der Waals surface area contributed by atoms with Crippen molar-refractivity contribution in [2.45, 2.75) is 31.2 Å². The van der Waals surface area contributed by atoms with Crippen LogP contribution < -0.4 is 5.32 Å². The largest absolute Gasteiger partial charge is 0.393 e. The fourth-order valence-electron chi connectivity index (χ4n) is 3.72. The van der Waals surface area contributed by atoms with Crippen molar-refractivity contribution >= 4 is 5.69 Å². The molecule has 172 valence electrons. The number of ether oxygens (including phenoxy) is 1. The van der Waals surface area contributed by atoms with Crippen LogP contribution in [-0.2, 0) is 4.74 Å². The van der Waals surface area contributed by atoms with Crippen molar-refractivity contribution in [3.8, 4) is 23.0 Å². The number of aliphatic hydroxyl groups is 3. The standard InChI is InChI=1S/C25H26FN3O4/c1-16(31)25-27-10-11-29(25)20(13-30)8-4-17-2-5-18(6-3-17)19-7-9-22(21(26)12-19)28-23-14-33-15-24(23)32/h2-3,5-7,9-12,16,20,23-24,28,30-32H,13-15H2,1H3/t16-,20-,23+,24+/m0/s1. The van der Waals surface area contributed by atoms with Gasteiger partial charge in [0.1, 0.15) is 23.8 Å². The van der Waals surface area contributed by atoms with E-state index >= 15 is 0 Å². The van der Waals surface area contributed by atoms with Crippen LogP contribution in [0.5, 0.6) is 0 Å². The molecule has 7 nitrogen and oxygen atoms in total. The van der Waals surface area contributed by atoms with E-state index in [0.717, 1.165) is 11.1 Å². The molecule has 0 aliphatic carbocycles. The Morgan fingerprint density at radius 1 is 1.21 bits per heavy atom. The lowest BCUT2D eigenvalue weighted by Crippen LogP contribution is -2.32. The number of anilines is 1. The highest BCUT2D eigenvalue weighted by Gasteiger charge is 2.26. The molecular formula is C25H26FN3O4. The van der Waals surface area contributed by atoms with Crippen LogP contribution in [0.4, 0.5) is 10.1 Å². The monoisotopic (exact) mass is 451 g/mol. The first-order chi connectivity index (χ1) is 16.0. The molecule has 2 aromatic carbocycles. The van der Waals surface area contributed by atoms with Gasteiger partial charge in [0.15, 0.2) is 0 Å². The topological polar surface area (TPSA) is 99.8 Å². The van der Waals surface area contributed by atoms with Crippen LogP contribution in [0, 0.1) is 17.7 Å². The van der Waals surface area contributed by atoms with Crippen LogP contribution in [0.3, 0.4) is 0 Å². The number of nitrogens with one attached hydrogen (secondary N) is 1. The molecule has 8 heteroatoms. The van der Waals surface area contributed by atoms with Crippen molar-refractivity contribution in [3.63, 3.8) is 0 Å². The van der Waals surface area contributed by atoms with Crippen molar-refractivity contribution in [2.24, 2.45) is 0 Å². The Labute approximate surface area is 191 Å². The van der Waals surface area contributed by atoms with Crippen LogP contribution in [0.15, 0.2) is 54.9 Å². The molecule has 0 unspecified atom stereocenters. The molecule has 0 amide bonds. The molecule has 4 atom stereocenters. The second-order valence-electron chi connectivity index (χ2n) is 7.96. The smallest absolute Gasteiger partial charge is 0.146 e. The maximum absolute atomic E-state index is 14.6. The average Bonchev–Trinajstić information content (AvgIpc) is 3.46. The lowest BCUT2D eigenvalue weighted by molar-refractivity contribution is 0.125. The molecule has 1 aliphatic heterocycles. The number of rotatable bonds is 6. The molecule has 0 bridgehead atoms. The highest BCUT2D eigenvalue weighted by molar-refractivity contribution is 5.67. The van der Waals surface area contributed by atoms with E-state index in [1.807, 2.05) is 30.3 Å². The molecule has 0 spiro atoms. The number of nitrogens with zero attached hydrogens (tertiary/aromatic N) is 2. The molecule has 0 saturated carbocycles. The minimum Gasteiger partial charge on any atom is -0.393 e. The van der Waals surface area contributed by atoms with Crippen LogP contribution in [-0.4, -0.2) is 56.8 Å². The molecule has 1 saturated heterocycles. The van der Waals surface area contributed by atoms with E-state index in [1.165, 1.54) is 6.07 Å². The summed E-state index contributed by atoms with van der Waals surface area (Å²) >= 11 is 0. The number of hydrogen-bond donors (Lipinski definition) is 4. The van der Waals surface area contributed by atoms with Crippen LogP contribution >= 0.6 is 0 Å². The van der Waals surface area contributed by atoms with Crippen molar-refractivity contribution in [1.82, 2.24) is 9.55 Å². The highest BCUT2D eigenvalue weighted by Crippen LogP contribution is 2.26. The first-order valence-electron chi connectivity index (χ1n) is 10.7. The normalized spacial score (nSPS) is 19.5. The summed E-state index contributed by atoms with van der Waals surface area (Å²) in [5.74, 6) is 6.08. The lowest BCUT2D eigenvalue weighted by atomic mass is 10.0. The molecule has 1 aliphatic rings. The zero-order valence-corrected chi connectivity index (χ0v) is 18.1. The van der Waals surface area contributed by atoms with Crippen LogP contribution in [0.25, 0.3) is 11.1 Å². The minimum atomic E-state index is -0.770. The highest BCUT2D eigenvalue weighted by atomic mass is 19.1. The van der Waals surface area contributed by atoms with Gasteiger partial charge in [-0.15, -0.1) is 0 Å². The third-order valence-electron chi connectivity index (χ3n) is 5.54. The SMILES string of the molecule is C[C@H](O)c1nccn1[C@@H](C#Cc1ccc(-c2ccc(N[C@@H]3COC[C@H]3O)c(F)c2)cc1)CO. The predicted octanol–water partition coefficient (Wildman–Crippen LogP) is 2.50. The first kappa shape index (κ1) is 23.0.